The molecular weight excluding hydrogens is 304 g/mol. The molecule has 25 heavy (non-hydrogen) atoms. The van der Waals surface area contributed by atoms with Gasteiger partial charge in [0.05, 0.1) is 0 Å². The minimum Gasteiger partial charge on any atom is -0.388 e. The van der Waals surface area contributed by atoms with Crippen molar-refractivity contribution >= 4 is 17.8 Å². The van der Waals surface area contributed by atoms with Crippen molar-refractivity contribution in [2.24, 2.45) is 0 Å². The molecule has 2 aromatic carbocycles. The molecule has 0 aliphatic carbocycles. The number of nitrogens with zero attached hydrogens (tertiary/aromatic N) is 1. The maximum absolute atomic E-state index is 3.13. The maximum atomic E-state index is 3.13. The summed E-state index contributed by atoms with van der Waals surface area (Å²) < 4.78 is 2.21. The highest BCUT2D eigenvalue weighted by Gasteiger charge is 2.02. The molecule has 0 fully saturated rings. The summed E-state index contributed by atoms with van der Waals surface area (Å²) in [7, 11) is 1.93. The minimum absolute atomic E-state index is 0.902. The Morgan fingerprint density at radius 1 is 0.760 bits per heavy atom. The van der Waals surface area contributed by atoms with E-state index in [1.54, 1.807) is 0 Å². The van der Waals surface area contributed by atoms with Crippen molar-refractivity contribution in [3.63, 3.8) is 0 Å². The van der Waals surface area contributed by atoms with Crippen LogP contribution in [0.15, 0.2) is 73.1 Å². The Hall–Kier alpha value is -2.87. The Morgan fingerprint density at radius 3 is 1.88 bits per heavy atom. The molecule has 0 spiro atoms. The van der Waals surface area contributed by atoms with Gasteiger partial charge in [-0.25, -0.2) is 4.57 Å². The maximum Gasteiger partial charge on any atom is 0.173 e. The Bertz CT molecular complexity index is 813. The van der Waals surface area contributed by atoms with Gasteiger partial charge >= 0.3 is 0 Å². The molecule has 0 amide bonds. The van der Waals surface area contributed by atoms with Crippen molar-refractivity contribution in [2.45, 2.75) is 19.9 Å². The minimum atomic E-state index is 0.902. The zero-order chi connectivity index (χ0) is 17.5. The monoisotopic (exact) mass is 329 g/mol. The average Bonchev–Trinajstić information content (AvgIpc) is 2.68. The lowest BCUT2D eigenvalue weighted by Gasteiger charge is -2.01. The Labute approximate surface area is 150 Å². The van der Waals surface area contributed by atoms with Gasteiger partial charge in [0, 0.05) is 30.4 Å². The summed E-state index contributed by atoms with van der Waals surface area (Å²) in [5.74, 6) is 0. The number of anilines is 1. The summed E-state index contributed by atoms with van der Waals surface area (Å²) in [4.78, 5) is 0. The normalized spacial score (nSPS) is 11.0. The van der Waals surface area contributed by atoms with Crippen LogP contribution in [0.5, 0.6) is 0 Å². The fraction of sp³-hybridized carbons (Fsp3) is 0.174. The molecule has 0 saturated heterocycles. The highest BCUT2D eigenvalue weighted by Crippen LogP contribution is 2.12. The molecule has 1 aromatic heterocycles. The average molecular weight is 329 g/mol. The molecule has 0 atom stereocenters. The topological polar surface area (TPSA) is 15.9 Å². The second kappa shape index (κ2) is 8.29. The van der Waals surface area contributed by atoms with Crippen LogP contribution in [0.1, 0.15) is 29.2 Å². The standard InChI is InChI=1S/C23H24N2/c1-3-19-4-8-22(9-5-19)18-25-16-14-21(15-17-25)7-6-20-10-12-23(24-2)13-11-20/h4-17H,3,18H2,1-2H3/p+1. The first-order valence-electron chi connectivity index (χ1n) is 8.79. The van der Waals surface area contributed by atoms with Crippen LogP contribution in [0, 0.1) is 0 Å². The Balaban J connectivity index is 1.63. The SMILES string of the molecule is CCc1ccc(C[n+]2ccc(C=Cc3ccc(NC)cc3)cc2)cc1. The molecule has 3 aromatic rings. The van der Waals surface area contributed by atoms with Crippen LogP contribution in [0.2, 0.25) is 0 Å². The molecule has 1 heterocycles. The predicted molar refractivity (Wildman–Crippen MR) is 106 cm³/mol. The van der Waals surface area contributed by atoms with E-state index in [1.807, 2.05) is 7.05 Å². The van der Waals surface area contributed by atoms with Gasteiger partial charge in [0.2, 0.25) is 0 Å². The lowest BCUT2D eigenvalue weighted by molar-refractivity contribution is -0.688. The highest BCUT2D eigenvalue weighted by atomic mass is 14.9. The Kier molecular flexibility index (Phi) is 5.63. The van der Waals surface area contributed by atoms with Gasteiger partial charge in [-0.1, -0.05) is 55.5 Å². The van der Waals surface area contributed by atoms with E-state index in [-0.39, 0.29) is 0 Å². The lowest BCUT2D eigenvalue weighted by atomic mass is 10.1. The number of nitrogens with one attached hydrogen (secondary N) is 1. The Morgan fingerprint density at radius 2 is 1.32 bits per heavy atom. The molecule has 0 unspecified atom stereocenters. The first kappa shape index (κ1) is 17.0. The second-order valence-electron chi connectivity index (χ2n) is 6.18. The van der Waals surface area contributed by atoms with Crippen LogP contribution < -0.4 is 9.88 Å². The van der Waals surface area contributed by atoms with Crippen molar-refractivity contribution in [3.8, 4) is 0 Å². The molecule has 0 aliphatic rings. The molecule has 2 nitrogen and oxygen atoms in total. The van der Waals surface area contributed by atoms with E-state index < -0.39 is 0 Å². The van der Waals surface area contributed by atoms with Crippen molar-refractivity contribution in [1.82, 2.24) is 0 Å². The van der Waals surface area contributed by atoms with E-state index in [0.717, 1.165) is 18.7 Å². The van der Waals surface area contributed by atoms with Crippen molar-refractivity contribution in [2.75, 3.05) is 12.4 Å². The molecular formula is C23H25N2+. The summed E-state index contributed by atoms with van der Waals surface area (Å²) in [6.45, 7) is 3.09. The zero-order valence-corrected chi connectivity index (χ0v) is 14.9. The molecule has 0 saturated carbocycles. The third kappa shape index (κ3) is 4.80. The van der Waals surface area contributed by atoms with Crippen LogP contribution >= 0.6 is 0 Å². The van der Waals surface area contributed by atoms with Crippen molar-refractivity contribution in [1.29, 1.82) is 0 Å². The van der Waals surface area contributed by atoms with Gasteiger partial charge in [-0.15, -0.1) is 0 Å². The number of benzene rings is 2. The number of hydrogen-bond donors (Lipinski definition) is 1. The number of aryl methyl sites for hydroxylation is 1. The third-order valence-electron chi connectivity index (χ3n) is 4.38. The van der Waals surface area contributed by atoms with Gasteiger partial charge in [-0.05, 0) is 35.2 Å². The van der Waals surface area contributed by atoms with Gasteiger partial charge in [-0.3, -0.25) is 0 Å². The first-order chi connectivity index (χ1) is 12.3. The summed E-state index contributed by atoms with van der Waals surface area (Å²) >= 11 is 0. The lowest BCUT2D eigenvalue weighted by Crippen LogP contribution is -2.33. The van der Waals surface area contributed by atoms with E-state index in [9.17, 15) is 0 Å². The van der Waals surface area contributed by atoms with E-state index in [1.165, 1.54) is 22.3 Å². The fourth-order valence-corrected chi connectivity index (χ4v) is 2.73. The van der Waals surface area contributed by atoms with E-state index in [0.29, 0.717) is 0 Å². The summed E-state index contributed by atoms with van der Waals surface area (Å²) in [6.07, 6.45) is 9.65. The summed E-state index contributed by atoms with van der Waals surface area (Å²) in [5.41, 5.74) is 6.25. The predicted octanol–water partition coefficient (Wildman–Crippen LogP) is 4.80. The summed E-state index contributed by atoms with van der Waals surface area (Å²) in [5, 5.41) is 3.13. The van der Waals surface area contributed by atoms with Crippen LogP contribution in [-0.2, 0) is 13.0 Å². The number of pyridine rings is 1. The fourth-order valence-electron chi connectivity index (χ4n) is 2.73. The molecule has 0 bridgehead atoms. The van der Waals surface area contributed by atoms with Crippen LogP contribution in [0.3, 0.4) is 0 Å². The van der Waals surface area contributed by atoms with Crippen molar-refractivity contribution in [3.05, 3.63) is 95.3 Å². The molecule has 3 rings (SSSR count). The van der Waals surface area contributed by atoms with Gasteiger partial charge in [0.15, 0.2) is 18.9 Å². The van der Waals surface area contributed by atoms with Crippen LogP contribution in [-0.4, -0.2) is 7.05 Å². The first-order valence-corrected chi connectivity index (χ1v) is 8.79. The van der Waals surface area contributed by atoms with Crippen LogP contribution in [0.25, 0.3) is 12.2 Å². The number of hydrogen-bond acceptors (Lipinski definition) is 1. The largest absolute Gasteiger partial charge is 0.388 e. The molecule has 126 valence electrons. The van der Waals surface area contributed by atoms with Crippen LogP contribution in [0.4, 0.5) is 5.69 Å². The van der Waals surface area contributed by atoms with E-state index in [4.69, 9.17) is 0 Å². The smallest absolute Gasteiger partial charge is 0.173 e. The zero-order valence-electron chi connectivity index (χ0n) is 14.9. The number of aromatic nitrogens is 1. The third-order valence-corrected chi connectivity index (χ3v) is 4.38. The number of rotatable bonds is 6. The molecule has 2 heteroatoms. The van der Waals surface area contributed by atoms with Gasteiger partial charge < -0.3 is 5.32 Å². The summed E-state index contributed by atoms with van der Waals surface area (Å²) in [6, 6.07) is 21.6. The van der Waals surface area contributed by atoms with Gasteiger partial charge in [-0.2, -0.15) is 0 Å². The van der Waals surface area contributed by atoms with Gasteiger partial charge in [0.25, 0.3) is 0 Å². The molecule has 0 aliphatic heterocycles. The second-order valence-corrected chi connectivity index (χ2v) is 6.18. The molecule has 0 radical (unpaired) electrons. The molecule has 1 N–H and O–H groups in total. The van der Waals surface area contributed by atoms with Crippen molar-refractivity contribution < 1.29 is 4.57 Å². The van der Waals surface area contributed by atoms with E-state index in [2.05, 4.69) is 102 Å². The quantitative estimate of drug-likeness (QED) is 0.643. The van der Waals surface area contributed by atoms with Gasteiger partial charge in [0.1, 0.15) is 0 Å². The highest BCUT2D eigenvalue weighted by molar-refractivity contribution is 5.70. The van der Waals surface area contributed by atoms with E-state index >= 15 is 0 Å².